The van der Waals surface area contributed by atoms with Crippen LogP contribution in [0.15, 0.2) is 51.8 Å². The van der Waals surface area contributed by atoms with Crippen LogP contribution in [0.3, 0.4) is 0 Å². The van der Waals surface area contributed by atoms with E-state index < -0.39 is 9.84 Å². The van der Waals surface area contributed by atoms with E-state index >= 15 is 0 Å². The molecular formula is C20H21N3O4S. The molecule has 146 valence electrons. The highest BCUT2D eigenvalue weighted by molar-refractivity contribution is 7.90. The van der Waals surface area contributed by atoms with Gasteiger partial charge in [-0.2, -0.15) is 0 Å². The van der Waals surface area contributed by atoms with Crippen LogP contribution in [-0.2, 0) is 27.5 Å². The first-order valence-electron chi connectivity index (χ1n) is 8.68. The van der Waals surface area contributed by atoms with Gasteiger partial charge in [0.15, 0.2) is 9.84 Å². The number of nitrogens with zero attached hydrogens (tertiary/aromatic N) is 2. The quantitative estimate of drug-likeness (QED) is 0.684. The number of aromatic nitrogens is 2. The summed E-state index contributed by atoms with van der Waals surface area (Å²) in [6.07, 6.45) is 1.70. The number of hydrogen-bond donors (Lipinski definition) is 1. The van der Waals surface area contributed by atoms with Gasteiger partial charge in [0.1, 0.15) is 0 Å². The molecule has 0 atom stereocenters. The van der Waals surface area contributed by atoms with Crippen LogP contribution in [0.5, 0.6) is 0 Å². The molecule has 3 aromatic rings. The van der Waals surface area contributed by atoms with Crippen molar-refractivity contribution in [3.63, 3.8) is 0 Å². The van der Waals surface area contributed by atoms with Gasteiger partial charge in [-0.15, -0.1) is 5.10 Å². The number of amides is 1. The van der Waals surface area contributed by atoms with Gasteiger partial charge >= 0.3 is 6.01 Å². The van der Waals surface area contributed by atoms with Crippen molar-refractivity contribution in [2.75, 3.05) is 11.6 Å². The predicted octanol–water partition coefficient (Wildman–Crippen LogP) is 2.86. The third kappa shape index (κ3) is 5.04. The van der Waals surface area contributed by atoms with Crippen molar-refractivity contribution in [3.05, 3.63) is 70.6 Å². The Balaban J connectivity index is 1.60. The fraction of sp³-hybridized carbons (Fsp3) is 0.250. The van der Waals surface area contributed by atoms with Crippen LogP contribution in [0.25, 0.3) is 0 Å². The summed E-state index contributed by atoms with van der Waals surface area (Å²) < 4.78 is 28.5. The first-order valence-corrected chi connectivity index (χ1v) is 10.6. The summed E-state index contributed by atoms with van der Waals surface area (Å²) in [5.41, 5.74) is 4.09. The van der Waals surface area contributed by atoms with Crippen LogP contribution in [0.1, 0.15) is 28.1 Å². The van der Waals surface area contributed by atoms with Crippen LogP contribution in [0.2, 0.25) is 0 Å². The summed E-state index contributed by atoms with van der Waals surface area (Å²) in [4.78, 5) is 12.4. The maximum absolute atomic E-state index is 12.2. The van der Waals surface area contributed by atoms with Crippen LogP contribution in [0, 0.1) is 13.8 Å². The van der Waals surface area contributed by atoms with Crippen LogP contribution >= 0.6 is 0 Å². The molecule has 0 fully saturated rings. The fourth-order valence-corrected chi connectivity index (χ4v) is 3.42. The van der Waals surface area contributed by atoms with Crippen molar-refractivity contribution < 1.29 is 17.6 Å². The molecule has 1 aromatic heterocycles. The summed E-state index contributed by atoms with van der Waals surface area (Å²) in [6, 6.07) is 12.3. The Labute approximate surface area is 163 Å². The number of rotatable bonds is 6. The summed E-state index contributed by atoms with van der Waals surface area (Å²) in [6.45, 7) is 4.06. The zero-order chi connectivity index (χ0) is 20.3. The maximum atomic E-state index is 12.2. The van der Waals surface area contributed by atoms with Crippen molar-refractivity contribution in [1.29, 1.82) is 0 Å². The predicted molar refractivity (Wildman–Crippen MR) is 105 cm³/mol. The number of carbonyl (C=O) groups excluding carboxylic acids is 1. The second kappa shape index (κ2) is 7.93. The van der Waals surface area contributed by atoms with Gasteiger partial charge in [-0.3, -0.25) is 10.1 Å². The summed E-state index contributed by atoms with van der Waals surface area (Å²) in [5.74, 6) is 0.0913. The molecule has 0 spiro atoms. The molecule has 0 saturated carbocycles. The Morgan fingerprint density at radius 2 is 1.79 bits per heavy atom. The number of hydrogen-bond acceptors (Lipinski definition) is 6. The van der Waals surface area contributed by atoms with Crippen molar-refractivity contribution >= 4 is 21.8 Å². The van der Waals surface area contributed by atoms with Crippen molar-refractivity contribution in [2.24, 2.45) is 0 Å². The molecule has 3 rings (SSSR count). The molecule has 28 heavy (non-hydrogen) atoms. The molecule has 8 heteroatoms. The minimum Gasteiger partial charge on any atom is -0.407 e. The standard InChI is InChI=1S/C20H21N3O4S/c1-13-4-7-16(14(2)10-13)12-19-22-23-20(27-19)21-18(24)11-15-5-8-17(9-6-15)28(3,25)26/h4-10H,11-12H2,1-3H3,(H,21,23,24). The van der Waals surface area contributed by atoms with Gasteiger partial charge in [0.2, 0.25) is 11.8 Å². The molecule has 2 aromatic carbocycles. The fourth-order valence-electron chi connectivity index (χ4n) is 2.79. The lowest BCUT2D eigenvalue weighted by Gasteiger charge is -2.04. The van der Waals surface area contributed by atoms with E-state index in [1.807, 2.05) is 26.0 Å². The van der Waals surface area contributed by atoms with Crippen LogP contribution in [-0.4, -0.2) is 30.8 Å². The molecule has 1 amide bonds. The molecule has 1 N–H and O–H groups in total. The second-order valence-corrected chi connectivity index (χ2v) is 8.76. The lowest BCUT2D eigenvalue weighted by Crippen LogP contribution is -2.14. The number of benzene rings is 2. The first-order chi connectivity index (χ1) is 13.2. The maximum Gasteiger partial charge on any atom is 0.322 e. The van der Waals surface area contributed by atoms with Crippen LogP contribution in [0.4, 0.5) is 6.01 Å². The smallest absolute Gasteiger partial charge is 0.322 e. The van der Waals surface area contributed by atoms with Gasteiger partial charge in [-0.25, -0.2) is 8.42 Å². The number of nitrogens with one attached hydrogen (secondary N) is 1. The zero-order valence-electron chi connectivity index (χ0n) is 15.9. The normalized spacial score (nSPS) is 11.4. The van der Waals surface area contributed by atoms with E-state index in [1.54, 1.807) is 12.1 Å². The summed E-state index contributed by atoms with van der Waals surface area (Å²) in [7, 11) is -3.26. The van der Waals surface area contributed by atoms with Gasteiger partial charge in [0.25, 0.3) is 0 Å². The molecule has 7 nitrogen and oxygen atoms in total. The molecule has 0 aliphatic heterocycles. The third-order valence-corrected chi connectivity index (χ3v) is 5.40. The average Bonchev–Trinajstić information content (AvgIpc) is 3.04. The number of carbonyl (C=O) groups is 1. The van der Waals surface area contributed by atoms with E-state index in [4.69, 9.17) is 4.42 Å². The molecule has 1 heterocycles. The third-order valence-electron chi connectivity index (χ3n) is 4.27. The van der Waals surface area contributed by atoms with Crippen LogP contribution < -0.4 is 5.32 Å². The molecule has 0 aliphatic rings. The van der Waals surface area contributed by atoms with E-state index in [-0.39, 0.29) is 23.2 Å². The summed E-state index contributed by atoms with van der Waals surface area (Å²) in [5, 5.41) is 10.4. The molecule has 0 saturated heterocycles. The van der Waals surface area contributed by atoms with E-state index in [9.17, 15) is 13.2 Å². The van der Waals surface area contributed by atoms with E-state index in [2.05, 4.69) is 21.6 Å². The number of aryl methyl sites for hydroxylation is 2. The number of sulfone groups is 1. The molecule has 0 aliphatic carbocycles. The van der Waals surface area contributed by atoms with E-state index in [0.717, 1.165) is 17.4 Å². The van der Waals surface area contributed by atoms with Crippen molar-refractivity contribution in [3.8, 4) is 0 Å². The Kier molecular flexibility index (Phi) is 5.60. The SMILES string of the molecule is Cc1ccc(Cc2nnc(NC(=O)Cc3ccc(S(C)(=O)=O)cc3)o2)c(C)c1. The van der Waals surface area contributed by atoms with Gasteiger partial charge in [0, 0.05) is 6.26 Å². The largest absolute Gasteiger partial charge is 0.407 e. The van der Waals surface area contributed by atoms with Gasteiger partial charge in [0.05, 0.1) is 17.7 Å². The van der Waals surface area contributed by atoms with Gasteiger partial charge in [-0.05, 0) is 42.7 Å². The van der Waals surface area contributed by atoms with E-state index in [0.29, 0.717) is 17.9 Å². The minimum absolute atomic E-state index is 0.0394. The highest BCUT2D eigenvalue weighted by Gasteiger charge is 2.13. The molecule has 0 bridgehead atoms. The van der Waals surface area contributed by atoms with Gasteiger partial charge < -0.3 is 4.42 Å². The minimum atomic E-state index is -3.26. The highest BCUT2D eigenvalue weighted by Crippen LogP contribution is 2.16. The zero-order valence-corrected chi connectivity index (χ0v) is 16.7. The van der Waals surface area contributed by atoms with Crippen molar-refractivity contribution in [2.45, 2.75) is 31.6 Å². The van der Waals surface area contributed by atoms with Crippen molar-refractivity contribution in [1.82, 2.24) is 10.2 Å². The van der Waals surface area contributed by atoms with Gasteiger partial charge in [-0.1, -0.05) is 41.0 Å². The lowest BCUT2D eigenvalue weighted by atomic mass is 10.0. The molecule has 0 radical (unpaired) electrons. The molecule has 0 unspecified atom stereocenters. The van der Waals surface area contributed by atoms with E-state index in [1.165, 1.54) is 17.7 Å². The monoisotopic (exact) mass is 399 g/mol. The topological polar surface area (TPSA) is 102 Å². The molecular weight excluding hydrogens is 378 g/mol. The second-order valence-electron chi connectivity index (χ2n) is 6.75. The number of anilines is 1. The Morgan fingerprint density at radius 3 is 2.43 bits per heavy atom. The lowest BCUT2D eigenvalue weighted by molar-refractivity contribution is -0.115. The average molecular weight is 399 g/mol. The first kappa shape index (κ1) is 19.8. The Morgan fingerprint density at radius 1 is 1.07 bits per heavy atom. The summed E-state index contributed by atoms with van der Waals surface area (Å²) >= 11 is 0. The Hall–Kier alpha value is -3.00. The Bertz CT molecular complexity index is 1100. The highest BCUT2D eigenvalue weighted by atomic mass is 32.2.